The molecule has 2 heterocycles. The van der Waals surface area contributed by atoms with Crippen LogP contribution < -0.4 is 10.6 Å². The highest BCUT2D eigenvalue weighted by atomic mass is 32.1. The molecule has 2 rings (SSSR count). The lowest BCUT2D eigenvalue weighted by molar-refractivity contribution is -0.115. The van der Waals surface area contributed by atoms with Gasteiger partial charge < -0.3 is 14.5 Å². The van der Waals surface area contributed by atoms with Crippen molar-refractivity contribution in [1.29, 1.82) is 0 Å². The van der Waals surface area contributed by atoms with Crippen LogP contribution >= 0.6 is 11.3 Å². The number of carbonyl (C=O) groups is 2. The van der Waals surface area contributed by atoms with Crippen LogP contribution in [0.15, 0.2) is 28.9 Å². The second-order valence-corrected chi connectivity index (χ2v) is 7.02. The number of ether oxygens (including phenoxy) is 1. The van der Waals surface area contributed by atoms with Crippen LogP contribution in [0.5, 0.6) is 0 Å². The number of carbonyl (C=O) groups excluding carboxylic acids is 2. The van der Waals surface area contributed by atoms with Gasteiger partial charge in [0.05, 0.1) is 31.0 Å². The van der Waals surface area contributed by atoms with Crippen LogP contribution in [0.3, 0.4) is 0 Å². The van der Waals surface area contributed by atoms with Crippen LogP contribution in [-0.2, 0) is 9.53 Å². The highest BCUT2D eigenvalue weighted by Gasteiger charge is 2.20. The molecule has 0 aliphatic carbocycles. The molecule has 0 fully saturated rings. The van der Waals surface area contributed by atoms with Crippen LogP contribution in [0.4, 0.5) is 5.00 Å². The second kappa shape index (κ2) is 8.82. The summed E-state index contributed by atoms with van der Waals surface area (Å²) in [6.45, 7) is 8.16. The zero-order valence-corrected chi connectivity index (χ0v) is 15.7. The molecule has 1 atom stereocenters. The van der Waals surface area contributed by atoms with Crippen LogP contribution in [0.1, 0.15) is 60.7 Å². The normalized spacial score (nSPS) is 12.2. The van der Waals surface area contributed by atoms with Crippen molar-refractivity contribution in [3.05, 3.63) is 40.7 Å². The quantitative estimate of drug-likeness (QED) is 0.694. The Balaban J connectivity index is 2.02. The number of hydrogen-bond donors (Lipinski definition) is 2. The molecule has 2 aromatic heterocycles. The van der Waals surface area contributed by atoms with E-state index >= 15 is 0 Å². The third kappa shape index (κ3) is 5.17. The number of esters is 1. The maximum Gasteiger partial charge on any atom is 0.341 e. The maximum atomic E-state index is 12.2. The van der Waals surface area contributed by atoms with Crippen molar-refractivity contribution in [2.24, 2.45) is 0 Å². The number of thiophene rings is 1. The number of anilines is 1. The fraction of sp³-hybridized carbons (Fsp3) is 0.444. The molecule has 0 radical (unpaired) electrons. The first-order valence-electron chi connectivity index (χ1n) is 8.29. The van der Waals surface area contributed by atoms with Gasteiger partial charge in [-0.05, 0) is 38.0 Å². The van der Waals surface area contributed by atoms with E-state index in [-0.39, 0.29) is 24.4 Å². The molecular formula is C18H24N2O4S. The number of amides is 1. The van der Waals surface area contributed by atoms with Crippen molar-refractivity contribution in [2.75, 3.05) is 18.5 Å². The monoisotopic (exact) mass is 364 g/mol. The molecule has 0 spiro atoms. The first-order valence-corrected chi connectivity index (χ1v) is 9.11. The third-order valence-corrected chi connectivity index (χ3v) is 4.96. The summed E-state index contributed by atoms with van der Waals surface area (Å²) in [6.07, 6.45) is 1.60. The van der Waals surface area contributed by atoms with Crippen LogP contribution in [-0.4, -0.2) is 25.0 Å². The van der Waals surface area contributed by atoms with Crippen LogP contribution in [0, 0.1) is 0 Å². The molecule has 0 aliphatic rings. The summed E-state index contributed by atoms with van der Waals surface area (Å²) in [6, 6.07) is 5.36. The van der Waals surface area contributed by atoms with Crippen LogP contribution in [0.25, 0.3) is 0 Å². The lowest BCUT2D eigenvalue weighted by Gasteiger charge is -2.11. The van der Waals surface area contributed by atoms with E-state index in [0.717, 1.165) is 10.6 Å². The van der Waals surface area contributed by atoms with Gasteiger partial charge in [0.25, 0.3) is 0 Å². The first-order chi connectivity index (χ1) is 11.9. The Labute approximate surface area is 151 Å². The van der Waals surface area contributed by atoms with E-state index in [9.17, 15) is 9.59 Å². The average Bonchev–Trinajstić information content (AvgIpc) is 3.22. The minimum absolute atomic E-state index is 0.0835. The van der Waals surface area contributed by atoms with Gasteiger partial charge in [-0.25, -0.2) is 4.79 Å². The number of hydrogen-bond acceptors (Lipinski definition) is 6. The van der Waals surface area contributed by atoms with Gasteiger partial charge in [0.15, 0.2) is 0 Å². The Hall–Kier alpha value is -2.12. The Morgan fingerprint density at radius 2 is 2.08 bits per heavy atom. The van der Waals surface area contributed by atoms with Gasteiger partial charge in [0.1, 0.15) is 10.8 Å². The summed E-state index contributed by atoms with van der Waals surface area (Å²) in [5, 5.41) is 6.43. The maximum absolute atomic E-state index is 12.2. The molecule has 7 heteroatoms. The summed E-state index contributed by atoms with van der Waals surface area (Å²) >= 11 is 1.40. The molecule has 0 aliphatic heterocycles. The van der Waals surface area contributed by atoms with Gasteiger partial charge in [-0.1, -0.05) is 13.8 Å². The molecule has 0 saturated heterocycles. The van der Waals surface area contributed by atoms with E-state index in [4.69, 9.17) is 9.15 Å². The Bertz CT molecular complexity index is 707. The van der Waals surface area contributed by atoms with Crippen molar-refractivity contribution < 1.29 is 18.7 Å². The predicted octanol–water partition coefficient (Wildman–Crippen LogP) is 3.93. The molecule has 25 heavy (non-hydrogen) atoms. The minimum atomic E-state index is -0.419. The fourth-order valence-electron chi connectivity index (χ4n) is 2.20. The van der Waals surface area contributed by atoms with E-state index in [1.165, 1.54) is 11.3 Å². The second-order valence-electron chi connectivity index (χ2n) is 5.93. The molecule has 2 aromatic rings. The van der Waals surface area contributed by atoms with E-state index in [2.05, 4.69) is 10.6 Å². The summed E-state index contributed by atoms with van der Waals surface area (Å²) in [5.41, 5.74) is 0.406. The van der Waals surface area contributed by atoms with E-state index in [1.807, 2.05) is 26.8 Å². The summed E-state index contributed by atoms with van der Waals surface area (Å²) in [4.78, 5) is 25.4. The average molecular weight is 364 g/mol. The van der Waals surface area contributed by atoms with Gasteiger partial charge >= 0.3 is 5.97 Å². The molecule has 0 bridgehead atoms. The largest absolute Gasteiger partial charge is 0.468 e. The Morgan fingerprint density at radius 1 is 1.32 bits per heavy atom. The third-order valence-electron chi connectivity index (χ3n) is 3.61. The van der Waals surface area contributed by atoms with Crippen molar-refractivity contribution in [1.82, 2.24) is 5.32 Å². The summed E-state index contributed by atoms with van der Waals surface area (Å²) < 4.78 is 10.4. The summed E-state index contributed by atoms with van der Waals surface area (Å²) in [5.74, 6) is 0.387. The van der Waals surface area contributed by atoms with Crippen molar-refractivity contribution >= 4 is 28.2 Å². The Kier molecular flexibility index (Phi) is 6.78. The molecule has 136 valence electrons. The topological polar surface area (TPSA) is 80.6 Å². The smallest absolute Gasteiger partial charge is 0.341 e. The SMILES string of the molecule is CCOC(=O)c1cc(C(C)C)sc1NC(=O)CN[C@@H](C)c1ccco1. The molecule has 1 amide bonds. The molecule has 2 N–H and O–H groups in total. The van der Waals surface area contributed by atoms with Gasteiger partial charge in [-0.3, -0.25) is 10.1 Å². The predicted molar refractivity (Wildman–Crippen MR) is 98.1 cm³/mol. The first kappa shape index (κ1) is 19.2. The van der Waals surface area contributed by atoms with E-state index < -0.39 is 5.97 Å². The molecule has 0 unspecified atom stereocenters. The number of rotatable bonds is 8. The lowest BCUT2D eigenvalue weighted by atomic mass is 10.1. The van der Waals surface area contributed by atoms with Crippen molar-refractivity contribution in [2.45, 2.75) is 39.7 Å². The fourth-order valence-corrected chi connectivity index (χ4v) is 3.27. The van der Waals surface area contributed by atoms with Crippen LogP contribution in [0.2, 0.25) is 0 Å². The van der Waals surface area contributed by atoms with Crippen molar-refractivity contribution in [3.8, 4) is 0 Å². The van der Waals surface area contributed by atoms with Gasteiger partial charge in [0.2, 0.25) is 5.91 Å². The van der Waals surface area contributed by atoms with E-state index in [1.54, 1.807) is 25.3 Å². The highest BCUT2D eigenvalue weighted by Crippen LogP contribution is 2.33. The number of nitrogens with one attached hydrogen (secondary N) is 2. The lowest BCUT2D eigenvalue weighted by Crippen LogP contribution is -2.30. The molecule has 0 aromatic carbocycles. The Morgan fingerprint density at radius 3 is 2.68 bits per heavy atom. The number of furan rings is 1. The van der Waals surface area contributed by atoms with Gasteiger partial charge in [-0.2, -0.15) is 0 Å². The molecule has 0 saturated carbocycles. The highest BCUT2D eigenvalue weighted by molar-refractivity contribution is 7.16. The van der Waals surface area contributed by atoms with E-state index in [0.29, 0.717) is 17.2 Å². The van der Waals surface area contributed by atoms with Crippen molar-refractivity contribution in [3.63, 3.8) is 0 Å². The summed E-state index contributed by atoms with van der Waals surface area (Å²) in [7, 11) is 0. The zero-order valence-electron chi connectivity index (χ0n) is 14.9. The zero-order chi connectivity index (χ0) is 18.4. The molecule has 6 nitrogen and oxygen atoms in total. The standard InChI is InChI=1S/C18H24N2O4S/c1-5-23-18(22)13-9-15(11(2)3)25-17(13)20-16(21)10-19-12(4)14-7-6-8-24-14/h6-9,11-12,19H,5,10H2,1-4H3,(H,20,21)/t12-/m0/s1. The van der Waals surface area contributed by atoms with Gasteiger partial charge in [-0.15, -0.1) is 11.3 Å². The van der Waals surface area contributed by atoms with Gasteiger partial charge in [0, 0.05) is 4.88 Å². The molecular weight excluding hydrogens is 340 g/mol. The minimum Gasteiger partial charge on any atom is -0.468 e.